The van der Waals surface area contributed by atoms with Crippen LogP contribution in [0.2, 0.25) is 0 Å². The normalized spacial score (nSPS) is 17.2. The summed E-state index contributed by atoms with van der Waals surface area (Å²) in [7, 11) is 2.74. The van der Waals surface area contributed by atoms with Crippen LogP contribution in [0.25, 0.3) is 22.3 Å². The lowest BCUT2D eigenvalue weighted by atomic mass is 9.93. The third-order valence-corrected chi connectivity index (χ3v) is 11.8. The number of esters is 1. The van der Waals surface area contributed by atoms with Crippen molar-refractivity contribution in [1.82, 2.24) is 31.5 Å². The number of benzene rings is 4. The number of carbonyl (C=O) groups is 6. The van der Waals surface area contributed by atoms with Gasteiger partial charge in [-0.1, -0.05) is 54.6 Å². The summed E-state index contributed by atoms with van der Waals surface area (Å²) in [4.78, 5) is 82.0. The maximum atomic E-state index is 15.8. The third kappa shape index (κ3) is 14.1. The summed E-state index contributed by atoms with van der Waals surface area (Å²) in [5.41, 5.74) is 3.15. The van der Waals surface area contributed by atoms with Gasteiger partial charge in [-0.05, 0) is 120 Å². The molecule has 18 nitrogen and oxygen atoms in total. The number of hydrogen-bond donors (Lipinski definition) is 6. The van der Waals surface area contributed by atoms with Gasteiger partial charge in [0, 0.05) is 42.6 Å². The number of halogens is 1. The first-order valence-corrected chi connectivity index (χ1v) is 23.7. The Hall–Kier alpha value is -7.41. The Morgan fingerprint density at radius 3 is 2.01 bits per heavy atom. The van der Waals surface area contributed by atoms with E-state index in [4.69, 9.17) is 23.7 Å². The topological polar surface area (TPSA) is 232 Å². The molecule has 386 valence electrons. The Morgan fingerprint density at radius 1 is 0.792 bits per heavy atom. The lowest BCUT2D eigenvalue weighted by Gasteiger charge is -2.32. The largest absolute Gasteiger partial charge is 0.504 e. The minimum atomic E-state index is -1.33. The fraction of sp³-hybridized carbons (Fsp3) is 0.434. The van der Waals surface area contributed by atoms with Crippen LogP contribution in [0, 0.1) is 5.82 Å². The van der Waals surface area contributed by atoms with Crippen molar-refractivity contribution in [3.63, 3.8) is 0 Å². The molecule has 1 aliphatic carbocycles. The van der Waals surface area contributed by atoms with E-state index in [1.54, 1.807) is 59.6 Å². The number of amides is 5. The van der Waals surface area contributed by atoms with Gasteiger partial charge in [0.15, 0.2) is 11.6 Å². The van der Waals surface area contributed by atoms with Gasteiger partial charge in [0.1, 0.15) is 48.3 Å². The fourth-order valence-corrected chi connectivity index (χ4v) is 8.62. The molecule has 0 radical (unpaired) electrons. The van der Waals surface area contributed by atoms with Gasteiger partial charge in [0.25, 0.3) is 0 Å². The van der Waals surface area contributed by atoms with Crippen LogP contribution in [-0.4, -0.2) is 122 Å². The Kier molecular flexibility index (Phi) is 17.4. The highest BCUT2D eigenvalue weighted by atomic mass is 19.1. The van der Waals surface area contributed by atoms with Gasteiger partial charge >= 0.3 is 24.2 Å². The molecule has 2 aliphatic rings. The van der Waals surface area contributed by atoms with Gasteiger partial charge in [-0.15, -0.1) is 0 Å². The molecule has 72 heavy (non-hydrogen) atoms. The monoisotopic (exact) mass is 996 g/mol. The molecule has 6 N–H and O–H groups in total. The molecule has 19 heteroatoms. The lowest BCUT2D eigenvalue weighted by molar-refractivity contribution is -0.145. The molecule has 0 fully saturated rings. The number of hydrogen-bond acceptors (Lipinski definition) is 13. The van der Waals surface area contributed by atoms with Gasteiger partial charge < -0.3 is 55.4 Å². The molecule has 0 aromatic heterocycles. The van der Waals surface area contributed by atoms with Gasteiger partial charge in [-0.2, -0.15) is 0 Å². The van der Waals surface area contributed by atoms with Gasteiger partial charge in [-0.3, -0.25) is 14.5 Å². The van der Waals surface area contributed by atoms with E-state index in [1.807, 2.05) is 48.5 Å². The van der Waals surface area contributed by atoms with Gasteiger partial charge in [0.05, 0.1) is 13.7 Å². The molecule has 4 atom stereocenters. The summed E-state index contributed by atoms with van der Waals surface area (Å²) in [5, 5.41) is 24.9. The van der Waals surface area contributed by atoms with Crippen molar-refractivity contribution in [1.29, 1.82) is 0 Å². The quantitative estimate of drug-likeness (QED) is 0.0444. The third-order valence-electron chi connectivity index (χ3n) is 11.8. The molecule has 1 aliphatic heterocycles. The van der Waals surface area contributed by atoms with Gasteiger partial charge in [0.2, 0.25) is 11.8 Å². The number of aromatic hydroxyl groups is 1. The number of methoxy groups -OCH3 is 1. The number of alkyl carbamates (subject to hydrolysis) is 3. The first-order valence-electron chi connectivity index (χ1n) is 23.7. The first kappa shape index (κ1) is 53.9. The van der Waals surface area contributed by atoms with E-state index in [9.17, 15) is 33.9 Å². The maximum absolute atomic E-state index is 15.8. The summed E-state index contributed by atoms with van der Waals surface area (Å²) in [5.74, 6) is -4.21. The van der Waals surface area contributed by atoms with Crippen LogP contribution in [-0.2, 0) is 39.8 Å². The van der Waals surface area contributed by atoms with E-state index in [0.29, 0.717) is 5.56 Å². The molecular weight excluding hydrogens is 932 g/mol. The number of phenolic OH excluding ortho intramolecular Hbond substituents is 1. The van der Waals surface area contributed by atoms with E-state index in [-0.39, 0.29) is 74.0 Å². The second kappa shape index (κ2) is 23.2. The van der Waals surface area contributed by atoms with E-state index in [2.05, 4.69) is 26.6 Å². The molecule has 0 saturated carbocycles. The Morgan fingerprint density at radius 2 is 1.40 bits per heavy atom. The smallest absolute Gasteiger partial charge is 0.407 e. The molecule has 0 saturated heterocycles. The van der Waals surface area contributed by atoms with E-state index in [0.717, 1.165) is 35.4 Å². The van der Waals surface area contributed by atoms with Crippen LogP contribution in [0.3, 0.4) is 0 Å². The zero-order valence-corrected chi connectivity index (χ0v) is 42.1. The molecule has 4 bridgehead atoms. The van der Waals surface area contributed by atoms with Crippen molar-refractivity contribution in [3.05, 3.63) is 107 Å². The van der Waals surface area contributed by atoms with Crippen LogP contribution in [0.5, 0.6) is 11.5 Å². The van der Waals surface area contributed by atoms with Crippen LogP contribution in [0.15, 0.2) is 78.9 Å². The zero-order chi connectivity index (χ0) is 52.5. The van der Waals surface area contributed by atoms with E-state index >= 15 is 4.39 Å². The number of rotatable bonds is 14. The number of likely N-dealkylation sites (N-methyl/N-ethyl adjacent to an activating group) is 1. The van der Waals surface area contributed by atoms with Crippen LogP contribution >= 0.6 is 0 Å². The minimum absolute atomic E-state index is 0.0104. The number of carbonyl (C=O) groups excluding carboxylic acids is 6. The van der Waals surface area contributed by atoms with Crippen molar-refractivity contribution >= 4 is 36.1 Å². The number of ether oxygens (including phenoxy) is 5. The van der Waals surface area contributed by atoms with Crippen molar-refractivity contribution < 1.29 is 61.9 Å². The van der Waals surface area contributed by atoms with Crippen LogP contribution in [0.1, 0.15) is 89.1 Å². The molecular formula is C53H65FN6O12. The highest BCUT2D eigenvalue weighted by Crippen LogP contribution is 2.45. The average Bonchev–Trinajstić information content (AvgIpc) is 3.62. The van der Waals surface area contributed by atoms with Crippen molar-refractivity contribution in [3.8, 4) is 33.8 Å². The summed E-state index contributed by atoms with van der Waals surface area (Å²) in [6.45, 7) is 11.7. The highest BCUT2D eigenvalue weighted by Gasteiger charge is 2.34. The number of nitrogens with zero attached hydrogens (tertiary/aromatic N) is 1. The number of nitrogens with one attached hydrogen (secondary N) is 5. The minimum Gasteiger partial charge on any atom is -0.504 e. The molecule has 6 rings (SSSR count). The number of phenols is 1. The maximum Gasteiger partial charge on any atom is 0.407 e. The van der Waals surface area contributed by atoms with Crippen molar-refractivity contribution in [2.75, 3.05) is 47.0 Å². The zero-order valence-electron chi connectivity index (χ0n) is 42.1. The predicted molar refractivity (Wildman–Crippen MR) is 265 cm³/mol. The summed E-state index contributed by atoms with van der Waals surface area (Å²) < 4.78 is 43.6. The highest BCUT2D eigenvalue weighted by molar-refractivity contribution is 5.93. The first-order chi connectivity index (χ1) is 34.0. The summed E-state index contributed by atoms with van der Waals surface area (Å²) in [6.07, 6.45) is -2.24. The second-order valence-corrected chi connectivity index (χ2v) is 19.8. The van der Waals surface area contributed by atoms with E-state index in [1.165, 1.54) is 25.1 Å². The van der Waals surface area contributed by atoms with Crippen molar-refractivity contribution in [2.45, 2.75) is 103 Å². The molecule has 5 amide bonds. The lowest BCUT2D eigenvalue weighted by Crippen LogP contribution is -2.54. The molecule has 4 aromatic carbocycles. The standard InChI is InChI=1S/C53H65FN6O12/c1-30-46(62)59-42(48(64)68-9)26-31-24-39(45(61)41(54)25-31)38-27-32(18-19-43(38)69-23-22-56-50(66)72-53(5,6)7)44(47(63)57-30)60(8)28-33(20-21-55-49(65)71-52(2,3)4)58-51(67)70-29-40-36-16-12-10-14-34(36)35-15-11-13-17-37(35)40/h10-19,24-25,27,30,33,40,42,44,61H,20-23,26,28-29H2,1-9H3,(H,55,65)(H,56,66)(H,57,63)(H,58,67)(H,59,62)/t30-,33-,42-,44-/m0/s1. The summed E-state index contributed by atoms with van der Waals surface area (Å²) >= 11 is 0. The molecule has 1 heterocycles. The molecule has 0 unspecified atom stereocenters. The van der Waals surface area contributed by atoms with Crippen molar-refractivity contribution in [2.24, 2.45) is 0 Å². The Labute approximate surface area is 418 Å². The predicted octanol–water partition coefficient (Wildman–Crippen LogP) is 6.62. The average molecular weight is 997 g/mol. The second-order valence-electron chi connectivity index (χ2n) is 19.8. The Bertz CT molecular complexity index is 2600. The summed E-state index contributed by atoms with van der Waals surface area (Å²) in [6, 6.07) is 18.3. The Balaban J connectivity index is 1.34. The van der Waals surface area contributed by atoms with Crippen LogP contribution < -0.4 is 31.3 Å². The van der Waals surface area contributed by atoms with Crippen LogP contribution in [0.4, 0.5) is 18.8 Å². The molecule has 0 spiro atoms. The number of fused-ring (bicyclic) bond motifs is 8. The van der Waals surface area contributed by atoms with E-state index < -0.39 is 83.0 Å². The SMILES string of the molecule is COC(=O)[C@@H]1Cc2cc(F)c(O)c(c2)-c2cc(ccc2OCCNC(=O)OC(C)(C)C)[C@H](N(C)C[C@H](CCNC(=O)OC(C)(C)C)NC(=O)OCC2c3ccccc3-c3ccccc32)C(=O)N[C@@H](C)C(=O)N1. The fourth-order valence-electron chi connectivity index (χ4n) is 8.62. The molecule has 4 aromatic rings. The van der Waals surface area contributed by atoms with Gasteiger partial charge in [-0.25, -0.2) is 23.6 Å².